The monoisotopic (exact) mass is 344 g/mol. The van der Waals surface area contributed by atoms with Gasteiger partial charge in [0.2, 0.25) is 0 Å². The van der Waals surface area contributed by atoms with Crippen molar-refractivity contribution in [2.24, 2.45) is 17.3 Å². The summed E-state index contributed by atoms with van der Waals surface area (Å²) in [6.07, 6.45) is 1.94. The van der Waals surface area contributed by atoms with Crippen molar-refractivity contribution in [3.63, 3.8) is 0 Å². The van der Waals surface area contributed by atoms with Crippen LogP contribution in [0.25, 0.3) is 0 Å². The molecular weight excluding hydrogens is 324 g/mol. The van der Waals surface area contributed by atoms with Crippen LogP contribution in [-0.4, -0.2) is 32.1 Å². The first kappa shape index (κ1) is 17.2. The number of carbonyl (C=O) groups excluding carboxylic acids is 3. The number of allylic oxidation sites excluding steroid dienone is 2. The minimum atomic E-state index is -1.58. The maximum absolute atomic E-state index is 12.8. The summed E-state index contributed by atoms with van der Waals surface area (Å²) in [7, 11) is 2.47. The second-order valence-electron chi connectivity index (χ2n) is 6.44. The number of rotatable bonds is 3. The molecule has 0 bridgehead atoms. The van der Waals surface area contributed by atoms with Crippen molar-refractivity contribution < 1.29 is 28.6 Å². The van der Waals surface area contributed by atoms with Crippen LogP contribution in [0.2, 0.25) is 0 Å². The van der Waals surface area contributed by atoms with Crippen LogP contribution in [0.4, 0.5) is 0 Å². The number of ether oxygens (including phenoxy) is 3. The molecule has 0 N–H and O–H groups in total. The first-order valence-electron chi connectivity index (χ1n) is 8.07. The van der Waals surface area contributed by atoms with E-state index in [1.54, 1.807) is 37.3 Å². The van der Waals surface area contributed by atoms with Crippen LogP contribution in [-0.2, 0) is 28.6 Å². The quantitative estimate of drug-likeness (QED) is 0.475. The molecule has 1 aromatic rings. The third kappa shape index (κ3) is 2.52. The smallest absolute Gasteiger partial charge is 0.323 e. The van der Waals surface area contributed by atoms with Gasteiger partial charge < -0.3 is 14.2 Å². The van der Waals surface area contributed by atoms with Crippen molar-refractivity contribution >= 4 is 17.9 Å². The lowest BCUT2D eigenvalue weighted by Crippen LogP contribution is -2.45. The van der Waals surface area contributed by atoms with Crippen LogP contribution in [0.1, 0.15) is 24.8 Å². The molecular formula is C19H20O6. The van der Waals surface area contributed by atoms with Crippen LogP contribution in [0.5, 0.6) is 0 Å². The van der Waals surface area contributed by atoms with Gasteiger partial charge in [0, 0.05) is 5.92 Å². The zero-order valence-electron chi connectivity index (χ0n) is 14.4. The standard InChI is InChI=1S/C19H20O6/c1-11-9-13-10-19(17(21)23-2,18(22)24-3)15(14(13)16(20)25-11)12-7-5-4-6-8-12/h4-9,13-15H,10H2,1-3H3/t13-,14-,15+/m1/s1. The summed E-state index contributed by atoms with van der Waals surface area (Å²) in [5.41, 5.74) is -0.879. The molecule has 0 aromatic heterocycles. The number of hydrogen-bond acceptors (Lipinski definition) is 6. The molecule has 6 nitrogen and oxygen atoms in total. The van der Waals surface area contributed by atoms with Gasteiger partial charge in [-0.05, 0) is 30.9 Å². The Balaban J connectivity index is 2.23. The molecule has 0 amide bonds. The van der Waals surface area contributed by atoms with Crippen molar-refractivity contribution in [3.8, 4) is 0 Å². The van der Waals surface area contributed by atoms with E-state index in [0.29, 0.717) is 11.3 Å². The molecule has 1 heterocycles. The zero-order valence-corrected chi connectivity index (χ0v) is 14.4. The molecule has 1 fully saturated rings. The van der Waals surface area contributed by atoms with Crippen LogP contribution < -0.4 is 0 Å². The lowest BCUT2D eigenvalue weighted by atomic mass is 9.71. The van der Waals surface area contributed by atoms with Gasteiger partial charge in [-0.25, -0.2) is 0 Å². The third-order valence-electron chi connectivity index (χ3n) is 5.15. The van der Waals surface area contributed by atoms with Gasteiger partial charge in [0.05, 0.1) is 20.1 Å². The lowest BCUT2D eigenvalue weighted by Gasteiger charge is -2.32. The highest BCUT2D eigenvalue weighted by atomic mass is 16.5. The highest BCUT2D eigenvalue weighted by Crippen LogP contribution is 2.59. The van der Waals surface area contributed by atoms with E-state index >= 15 is 0 Å². The van der Waals surface area contributed by atoms with Crippen LogP contribution in [0.3, 0.4) is 0 Å². The molecule has 3 atom stereocenters. The van der Waals surface area contributed by atoms with Crippen molar-refractivity contribution in [2.75, 3.05) is 14.2 Å². The molecule has 132 valence electrons. The van der Waals surface area contributed by atoms with Crippen LogP contribution in [0.15, 0.2) is 42.2 Å². The van der Waals surface area contributed by atoms with E-state index in [4.69, 9.17) is 14.2 Å². The topological polar surface area (TPSA) is 78.9 Å². The Morgan fingerprint density at radius 3 is 2.28 bits per heavy atom. The first-order valence-corrected chi connectivity index (χ1v) is 8.07. The Morgan fingerprint density at radius 1 is 1.12 bits per heavy atom. The number of esters is 3. The predicted octanol–water partition coefficient (Wildman–Crippen LogP) is 2.20. The summed E-state index contributed by atoms with van der Waals surface area (Å²) in [5.74, 6) is -3.01. The number of methoxy groups -OCH3 is 2. The van der Waals surface area contributed by atoms with Gasteiger partial charge in [-0.15, -0.1) is 0 Å². The maximum atomic E-state index is 12.8. The van der Waals surface area contributed by atoms with Gasteiger partial charge in [0.15, 0.2) is 5.41 Å². The third-order valence-corrected chi connectivity index (χ3v) is 5.15. The lowest BCUT2D eigenvalue weighted by molar-refractivity contribution is -0.170. The molecule has 1 aliphatic carbocycles. The maximum Gasteiger partial charge on any atom is 0.323 e. The van der Waals surface area contributed by atoms with Crippen molar-refractivity contribution in [3.05, 3.63) is 47.7 Å². The molecule has 6 heteroatoms. The Kier molecular flexibility index (Phi) is 4.37. The SMILES string of the molecule is COC(=O)C1(C(=O)OC)C[C@H]2C=C(C)OC(=O)[C@H]2[C@@H]1c1ccccc1. The summed E-state index contributed by atoms with van der Waals surface area (Å²) >= 11 is 0. The van der Waals surface area contributed by atoms with E-state index in [9.17, 15) is 14.4 Å². The van der Waals surface area contributed by atoms with E-state index in [-0.39, 0.29) is 12.3 Å². The fraction of sp³-hybridized carbons (Fsp3) is 0.421. The predicted molar refractivity (Wildman–Crippen MR) is 87.1 cm³/mol. The summed E-state index contributed by atoms with van der Waals surface area (Å²) < 4.78 is 15.2. The van der Waals surface area contributed by atoms with E-state index in [0.717, 1.165) is 0 Å². The largest absolute Gasteiger partial charge is 0.468 e. The van der Waals surface area contributed by atoms with Gasteiger partial charge >= 0.3 is 17.9 Å². The summed E-state index contributed by atoms with van der Waals surface area (Å²) in [4.78, 5) is 38.1. The molecule has 0 radical (unpaired) electrons. The number of benzene rings is 1. The van der Waals surface area contributed by atoms with Gasteiger partial charge in [-0.1, -0.05) is 30.3 Å². The molecule has 1 saturated carbocycles. The van der Waals surface area contributed by atoms with E-state index < -0.39 is 35.2 Å². The summed E-state index contributed by atoms with van der Waals surface area (Å²) in [5, 5.41) is 0. The van der Waals surface area contributed by atoms with E-state index in [1.165, 1.54) is 14.2 Å². The van der Waals surface area contributed by atoms with Gasteiger partial charge in [-0.2, -0.15) is 0 Å². The second-order valence-corrected chi connectivity index (χ2v) is 6.44. The fourth-order valence-electron chi connectivity index (χ4n) is 4.24. The molecule has 3 rings (SSSR count). The number of fused-ring (bicyclic) bond motifs is 1. The van der Waals surface area contributed by atoms with Crippen LogP contribution >= 0.6 is 0 Å². The normalized spacial score (nSPS) is 26.9. The Hall–Kier alpha value is -2.63. The highest BCUT2D eigenvalue weighted by molar-refractivity contribution is 6.03. The molecule has 1 aliphatic heterocycles. The number of carbonyl (C=O) groups is 3. The molecule has 0 spiro atoms. The van der Waals surface area contributed by atoms with Gasteiger partial charge in [-0.3, -0.25) is 14.4 Å². The highest BCUT2D eigenvalue weighted by Gasteiger charge is 2.66. The Bertz CT molecular complexity index is 720. The fourth-order valence-corrected chi connectivity index (χ4v) is 4.24. The second kappa shape index (κ2) is 6.35. The minimum absolute atomic E-state index is 0.142. The Labute approximate surface area is 145 Å². The molecule has 0 unspecified atom stereocenters. The molecule has 1 aromatic carbocycles. The van der Waals surface area contributed by atoms with Gasteiger partial charge in [0.1, 0.15) is 5.76 Å². The minimum Gasteiger partial charge on any atom is -0.468 e. The number of hydrogen-bond donors (Lipinski definition) is 0. The van der Waals surface area contributed by atoms with E-state index in [2.05, 4.69) is 0 Å². The average Bonchev–Trinajstić information content (AvgIpc) is 2.97. The van der Waals surface area contributed by atoms with E-state index in [1.807, 2.05) is 6.07 Å². The summed E-state index contributed by atoms with van der Waals surface area (Å²) in [6.45, 7) is 1.68. The van der Waals surface area contributed by atoms with Crippen molar-refractivity contribution in [2.45, 2.75) is 19.3 Å². The van der Waals surface area contributed by atoms with Crippen LogP contribution in [0, 0.1) is 17.3 Å². The van der Waals surface area contributed by atoms with Gasteiger partial charge in [0.25, 0.3) is 0 Å². The van der Waals surface area contributed by atoms with Crippen molar-refractivity contribution in [1.29, 1.82) is 0 Å². The average molecular weight is 344 g/mol. The summed E-state index contributed by atoms with van der Waals surface area (Å²) in [6, 6.07) is 9.03. The van der Waals surface area contributed by atoms with Crippen molar-refractivity contribution in [1.82, 2.24) is 0 Å². The zero-order chi connectivity index (χ0) is 18.2. The molecule has 25 heavy (non-hydrogen) atoms. The first-order chi connectivity index (χ1) is 12.0. The molecule has 2 aliphatic rings. The Morgan fingerprint density at radius 2 is 1.72 bits per heavy atom. The number of cyclic esters (lactones) is 1. The molecule has 0 saturated heterocycles.